The van der Waals surface area contributed by atoms with Crippen LogP contribution in [-0.4, -0.2) is 323 Å². The summed E-state index contributed by atoms with van der Waals surface area (Å²) in [4.78, 5) is 207. The summed E-state index contributed by atoms with van der Waals surface area (Å²) < 4.78 is 16.8. The molecule has 3 heterocycles. The Morgan fingerprint density at radius 3 is 1.63 bits per heavy atom. The van der Waals surface area contributed by atoms with E-state index in [9.17, 15) is 97.5 Å². The molecule has 0 bridgehead atoms. The maximum Gasteiger partial charge on any atom is 0.327 e. The highest BCUT2D eigenvalue weighted by Gasteiger charge is 2.43. The fraction of sp³-hybridized carbons (Fsp3) is 0.646. The van der Waals surface area contributed by atoms with Crippen LogP contribution in [-0.2, 0) is 104 Å². The summed E-state index contributed by atoms with van der Waals surface area (Å²) in [5.74, 6) is -12.7. The first kappa shape index (κ1) is 99.3. The molecule has 3 unspecified atom stereocenters. The van der Waals surface area contributed by atoms with Crippen LogP contribution in [0.5, 0.6) is 0 Å². The van der Waals surface area contributed by atoms with Crippen molar-refractivity contribution in [1.82, 2.24) is 56.4 Å². The van der Waals surface area contributed by atoms with Crippen molar-refractivity contribution in [3.8, 4) is 0 Å². The van der Waals surface area contributed by atoms with Crippen LogP contribution in [0.15, 0.2) is 59.6 Å². The number of aliphatic carboxylic acids is 4. The number of aliphatic hydroxyl groups excluding tert-OH is 1. The van der Waals surface area contributed by atoms with Crippen LogP contribution in [0.2, 0.25) is 0 Å². The van der Waals surface area contributed by atoms with Crippen molar-refractivity contribution in [1.29, 1.82) is 0 Å². The van der Waals surface area contributed by atoms with Gasteiger partial charge in [0.05, 0.1) is 57.5 Å². The molecule has 39 heteroatoms. The molecule has 0 aromatic heterocycles. The van der Waals surface area contributed by atoms with Gasteiger partial charge in [-0.25, -0.2) is 9.79 Å². The predicted octanol–water partition coefficient (Wildman–Crippen LogP) is -0.262. The molecule has 2 aromatic rings. The Morgan fingerprint density at radius 1 is 0.542 bits per heavy atom. The number of aliphatic hydroxyl groups is 1. The summed E-state index contributed by atoms with van der Waals surface area (Å²) in [7, 11) is 0. The van der Waals surface area contributed by atoms with Gasteiger partial charge in [0.2, 0.25) is 59.1 Å². The van der Waals surface area contributed by atoms with E-state index in [1.165, 1.54) is 53.4 Å². The standard InChI is InChI=1S/C79H120N14O23S2/c1-4-5-18-58(85-68(98)26-25-67(97)83-28-13-38-115-40-42-116-41-39-114-37-12-27-82-66(96)24-22-64(79(112)113)91-35-33-89(46-69(99)100)31-32-90(34-36-91)47-70(101)102)73(105)84-45-57(76(108)93-30-11-20-63(93)77(109)92-29-10-19-62(92)71(81)103)50-117-48-55-16-9-17-56(43-55)49-118-51-61(78(110)111)88-75(107)60(44-54-14-7-6-8-15-54)87-74(106)59(21-23-65(80)95)86-72(104)52(2)53(3)94/h6-9,14-17,43,45,52-53,57-64,94H,4-5,10-13,18-42,44,46-51H2,1-3H3,(H2,80,95)(H2,81,103)(H,82,96)(H,83,97)(H,85,98)(H,86,104)(H,87,106)(H,88,107)(H,99,100)(H,101,102)(H,110,111)(H,112,113)/b84-45-/t52-,53+,57?,58-,59-,60-,61?,62-,63-,64?/m0/s1. The number of aliphatic imine (C=N–C) groups is 1. The summed E-state index contributed by atoms with van der Waals surface area (Å²) in [5.41, 5.74) is 13.3. The molecular formula is C79H120N14O23S2. The van der Waals surface area contributed by atoms with Crippen molar-refractivity contribution >= 4 is 119 Å². The third kappa shape index (κ3) is 37.8. The first-order chi connectivity index (χ1) is 56.4. The molecule has 10 atom stereocenters. The van der Waals surface area contributed by atoms with Crippen LogP contribution in [0.3, 0.4) is 0 Å². The number of unbranched alkanes of at least 4 members (excludes halogenated alkanes) is 1. The molecule has 0 saturated carbocycles. The van der Waals surface area contributed by atoms with Crippen LogP contribution < -0.4 is 43.4 Å². The highest BCUT2D eigenvalue weighted by Crippen LogP contribution is 2.28. The summed E-state index contributed by atoms with van der Waals surface area (Å²) >= 11 is 2.56. The van der Waals surface area contributed by atoms with Crippen LogP contribution in [0.25, 0.3) is 0 Å². The normalized spacial score (nSPS) is 17.6. The number of carbonyl (C=O) groups excluding carboxylic acids is 11. The predicted molar refractivity (Wildman–Crippen MR) is 436 cm³/mol. The maximum atomic E-state index is 14.8. The molecule has 3 aliphatic heterocycles. The average molecular weight is 1700 g/mol. The van der Waals surface area contributed by atoms with Gasteiger partial charge in [-0.1, -0.05) is 81.3 Å². The van der Waals surface area contributed by atoms with Crippen LogP contribution >= 0.6 is 23.5 Å². The zero-order valence-electron chi connectivity index (χ0n) is 67.7. The lowest BCUT2D eigenvalue weighted by Crippen LogP contribution is -2.57. The molecule has 15 N–H and O–H groups in total. The molecule has 0 spiro atoms. The van der Waals surface area contributed by atoms with Crippen molar-refractivity contribution < 1.29 is 112 Å². The number of thioether (sulfide) groups is 2. The van der Waals surface area contributed by atoms with Gasteiger partial charge in [-0.3, -0.25) is 81.8 Å². The largest absolute Gasteiger partial charge is 0.480 e. The van der Waals surface area contributed by atoms with Crippen molar-refractivity contribution in [3.05, 3.63) is 71.3 Å². The number of nitrogens with one attached hydrogen (secondary N) is 6. The Morgan fingerprint density at radius 2 is 1.07 bits per heavy atom. The molecule has 2 aromatic carbocycles. The number of nitrogens with two attached hydrogens (primary N) is 2. The number of carbonyl (C=O) groups is 15. The van der Waals surface area contributed by atoms with E-state index < -0.39 is 143 Å². The number of primary amides is 2. The third-order valence-electron chi connectivity index (χ3n) is 20.1. The summed E-state index contributed by atoms with van der Waals surface area (Å²) in [5, 5.41) is 65.1. The van der Waals surface area contributed by atoms with E-state index in [4.69, 9.17) is 25.7 Å². The van der Waals surface area contributed by atoms with Gasteiger partial charge < -0.3 is 92.9 Å². The zero-order valence-corrected chi connectivity index (χ0v) is 69.3. The number of likely N-dealkylation sites (tertiary alicyclic amines) is 2. The number of nitrogens with zero attached hydrogens (tertiary/aromatic N) is 6. The summed E-state index contributed by atoms with van der Waals surface area (Å²) in [6.45, 7) is 8.54. The van der Waals surface area contributed by atoms with Gasteiger partial charge in [0.15, 0.2) is 0 Å². The minimum Gasteiger partial charge on any atom is -0.480 e. The Kier molecular flexibility index (Phi) is 46.1. The van der Waals surface area contributed by atoms with Crippen molar-refractivity contribution in [3.63, 3.8) is 0 Å². The quantitative estimate of drug-likeness (QED) is 0.0300. The lowest BCUT2D eigenvalue weighted by molar-refractivity contribution is -0.146. The van der Waals surface area contributed by atoms with E-state index in [2.05, 4.69) is 36.9 Å². The second kappa shape index (κ2) is 54.8. The molecule has 0 aliphatic carbocycles. The van der Waals surface area contributed by atoms with Gasteiger partial charge >= 0.3 is 23.9 Å². The number of benzene rings is 2. The lowest BCUT2D eigenvalue weighted by Gasteiger charge is -2.31. The van der Waals surface area contributed by atoms with Gasteiger partial charge in [0.1, 0.15) is 42.3 Å². The first-order valence-electron chi connectivity index (χ1n) is 40.2. The van der Waals surface area contributed by atoms with Gasteiger partial charge in [-0.15, -0.1) is 0 Å². The molecule has 3 saturated heterocycles. The van der Waals surface area contributed by atoms with E-state index >= 15 is 0 Å². The van der Waals surface area contributed by atoms with Gasteiger partial charge in [-0.05, 0) is 81.4 Å². The number of carboxylic acid groups (broad SMARTS) is 4. The molecule has 656 valence electrons. The smallest absolute Gasteiger partial charge is 0.327 e. The van der Waals surface area contributed by atoms with Crippen LogP contribution in [0.1, 0.15) is 134 Å². The Bertz CT molecular complexity index is 3620. The van der Waals surface area contributed by atoms with E-state index in [1.807, 2.05) is 31.2 Å². The molecular weight excluding hydrogens is 1580 g/mol. The minimum absolute atomic E-state index is 0.00634. The van der Waals surface area contributed by atoms with Crippen LogP contribution in [0, 0.1) is 11.8 Å². The fourth-order valence-electron chi connectivity index (χ4n) is 13.3. The SMILES string of the molecule is CCCC[C@H](NC(=O)CCC(=O)NCCCOCCOCCOCCCNC(=O)CCC(C(=O)O)N1CCN(CC(=O)O)CCN(CC(=O)O)CC1)C(=O)/N=C\C(CSCc1cccc(CSCC(NC(=O)[C@H](Cc2ccccc2)NC(=O)[C@H](CCC(N)=O)NC(=O)[C@@H](C)[C@@H](C)O)C(=O)O)c1)C(=O)N1CCC[C@H]1C(=O)N1CCC[C@H]1C(N)=O. The maximum absolute atomic E-state index is 14.8. The van der Waals surface area contributed by atoms with E-state index in [-0.39, 0.29) is 160 Å². The minimum atomic E-state index is -1.44. The first-order valence-corrected chi connectivity index (χ1v) is 42.5. The second-order valence-corrected chi connectivity index (χ2v) is 31.4. The number of rotatable bonds is 56. The Hall–Kier alpha value is -9.22. The van der Waals surface area contributed by atoms with E-state index in [0.29, 0.717) is 95.5 Å². The molecule has 118 heavy (non-hydrogen) atoms. The Labute approximate surface area is 696 Å². The number of carboxylic acids is 4. The van der Waals surface area contributed by atoms with Crippen molar-refractivity contribution in [2.75, 3.05) is 130 Å². The number of ether oxygens (including phenoxy) is 3. The van der Waals surface area contributed by atoms with Gasteiger partial charge in [0, 0.05) is 140 Å². The van der Waals surface area contributed by atoms with E-state index in [1.54, 1.807) is 45.0 Å². The number of hydrogen-bond donors (Lipinski definition) is 13. The monoisotopic (exact) mass is 1700 g/mol. The highest BCUT2D eigenvalue weighted by molar-refractivity contribution is 7.98. The molecule has 5 rings (SSSR count). The fourth-order valence-corrected chi connectivity index (χ4v) is 15.3. The molecule has 11 amide bonds. The summed E-state index contributed by atoms with van der Waals surface area (Å²) in [6, 6.07) is 8.02. The number of hydrogen-bond acceptors (Lipinski definition) is 24. The second-order valence-electron chi connectivity index (χ2n) is 29.4. The zero-order chi connectivity index (χ0) is 86.5. The van der Waals surface area contributed by atoms with Gasteiger partial charge in [0.25, 0.3) is 5.91 Å². The molecule has 3 fully saturated rings. The third-order valence-corrected chi connectivity index (χ3v) is 22.3. The Balaban J connectivity index is 1.06. The lowest BCUT2D eigenvalue weighted by atomic mass is 10.0. The van der Waals surface area contributed by atoms with Crippen molar-refractivity contribution in [2.45, 2.75) is 183 Å². The van der Waals surface area contributed by atoms with Gasteiger partial charge in [-0.2, -0.15) is 23.5 Å². The van der Waals surface area contributed by atoms with Crippen LogP contribution in [0.4, 0.5) is 0 Å². The topological polar surface area (TPSA) is 538 Å². The molecule has 37 nitrogen and oxygen atoms in total. The number of amides is 11. The summed E-state index contributed by atoms with van der Waals surface area (Å²) in [6.07, 6.45) is 3.18. The molecule has 0 radical (unpaired) electrons. The van der Waals surface area contributed by atoms with Crippen molar-refractivity contribution in [2.24, 2.45) is 28.3 Å². The molecule has 3 aliphatic rings. The average Bonchev–Trinajstić information content (AvgIpc) is 1.65. The highest BCUT2D eigenvalue weighted by atomic mass is 32.2. The van der Waals surface area contributed by atoms with E-state index in [0.717, 1.165) is 11.1 Å².